The molecule has 0 saturated heterocycles. The summed E-state index contributed by atoms with van der Waals surface area (Å²) in [6.07, 6.45) is 0.966. The minimum absolute atomic E-state index is 0.0151. The van der Waals surface area contributed by atoms with Crippen molar-refractivity contribution < 1.29 is 0 Å². The van der Waals surface area contributed by atoms with E-state index in [0.717, 1.165) is 23.6 Å². The topological polar surface area (TPSA) is 34.9 Å². The van der Waals surface area contributed by atoms with Crippen molar-refractivity contribution in [3.63, 3.8) is 0 Å². The summed E-state index contributed by atoms with van der Waals surface area (Å²) in [4.78, 5) is 11.6. The molecule has 4 heteroatoms. The fraction of sp³-hybridized carbons (Fsp3) is 0.333. The molecule has 1 aromatic carbocycles. The summed E-state index contributed by atoms with van der Waals surface area (Å²) in [5.41, 5.74) is 2.22. The fourth-order valence-corrected chi connectivity index (χ4v) is 2.70. The summed E-state index contributed by atoms with van der Waals surface area (Å²) in [7, 11) is 0. The van der Waals surface area contributed by atoms with Gasteiger partial charge in [-0.2, -0.15) is 16.9 Å². The van der Waals surface area contributed by atoms with E-state index in [1.165, 1.54) is 5.56 Å². The summed E-state index contributed by atoms with van der Waals surface area (Å²) < 4.78 is 1.55. The Morgan fingerprint density at radius 3 is 2.74 bits per heavy atom. The Labute approximate surface area is 117 Å². The number of aryl methyl sites for hydroxylation is 2. The van der Waals surface area contributed by atoms with E-state index in [-0.39, 0.29) is 5.56 Å². The molecule has 0 fully saturated rings. The third kappa shape index (κ3) is 4.56. The molecule has 0 spiro atoms. The van der Waals surface area contributed by atoms with Crippen molar-refractivity contribution in [2.45, 2.75) is 25.6 Å². The third-order valence-electron chi connectivity index (χ3n) is 2.77. The Morgan fingerprint density at radius 2 is 1.95 bits per heavy atom. The number of aromatic nitrogens is 2. The zero-order valence-electron chi connectivity index (χ0n) is 11.1. The molecule has 3 nitrogen and oxygen atoms in total. The maximum atomic E-state index is 11.6. The molecule has 0 atom stereocenters. The van der Waals surface area contributed by atoms with Crippen LogP contribution in [0.5, 0.6) is 0 Å². The maximum absolute atomic E-state index is 11.6. The van der Waals surface area contributed by atoms with Gasteiger partial charge in [-0.3, -0.25) is 4.79 Å². The molecule has 0 saturated carbocycles. The second-order valence-electron chi connectivity index (χ2n) is 4.43. The maximum Gasteiger partial charge on any atom is 0.266 e. The van der Waals surface area contributed by atoms with Gasteiger partial charge in [0, 0.05) is 18.4 Å². The van der Waals surface area contributed by atoms with Gasteiger partial charge in [0.15, 0.2) is 0 Å². The van der Waals surface area contributed by atoms with E-state index >= 15 is 0 Å². The molecule has 0 aliphatic carbocycles. The van der Waals surface area contributed by atoms with Crippen molar-refractivity contribution in [3.8, 4) is 0 Å². The number of hydrogen-bond acceptors (Lipinski definition) is 3. The van der Waals surface area contributed by atoms with Crippen LogP contribution in [0.1, 0.15) is 17.7 Å². The number of benzene rings is 1. The molecule has 100 valence electrons. The first-order valence-electron chi connectivity index (χ1n) is 6.42. The summed E-state index contributed by atoms with van der Waals surface area (Å²) in [5, 5.41) is 4.22. The van der Waals surface area contributed by atoms with Crippen LogP contribution in [0.15, 0.2) is 47.3 Å². The molecule has 1 aromatic heterocycles. The highest BCUT2D eigenvalue weighted by Crippen LogP contribution is 2.12. The molecule has 0 aliphatic heterocycles. The van der Waals surface area contributed by atoms with E-state index < -0.39 is 0 Å². The predicted octanol–water partition coefficient (Wildman–Crippen LogP) is 2.88. The van der Waals surface area contributed by atoms with Gasteiger partial charge in [0.2, 0.25) is 0 Å². The van der Waals surface area contributed by atoms with Crippen LogP contribution in [0, 0.1) is 6.92 Å². The molecular weight excluding hydrogens is 256 g/mol. The van der Waals surface area contributed by atoms with E-state index in [9.17, 15) is 4.79 Å². The van der Waals surface area contributed by atoms with Crippen LogP contribution in [0.25, 0.3) is 0 Å². The van der Waals surface area contributed by atoms with Crippen LogP contribution in [0.4, 0.5) is 0 Å². The van der Waals surface area contributed by atoms with Gasteiger partial charge in [0.1, 0.15) is 0 Å². The largest absolute Gasteiger partial charge is 0.268 e. The summed E-state index contributed by atoms with van der Waals surface area (Å²) in [6, 6.07) is 13.8. The van der Waals surface area contributed by atoms with Crippen molar-refractivity contribution in [2.75, 3.05) is 5.75 Å². The van der Waals surface area contributed by atoms with Crippen LogP contribution in [-0.2, 0) is 12.3 Å². The Bertz CT molecular complexity index is 566. The Morgan fingerprint density at radius 1 is 1.16 bits per heavy atom. The second kappa shape index (κ2) is 7.14. The SMILES string of the molecule is Cc1ccc(=O)n(CCCSCc2ccccc2)n1. The molecule has 0 aliphatic rings. The first kappa shape index (κ1) is 13.9. The smallest absolute Gasteiger partial charge is 0.266 e. The standard InChI is InChI=1S/C15H18N2OS/c1-13-8-9-15(18)17(16-13)10-5-11-19-12-14-6-3-2-4-7-14/h2-4,6-9H,5,10-12H2,1H3. The lowest BCUT2D eigenvalue weighted by molar-refractivity contribution is 0.563. The van der Waals surface area contributed by atoms with E-state index in [1.807, 2.05) is 24.8 Å². The molecule has 19 heavy (non-hydrogen) atoms. The van der Waals surface area contributed by atoms with Crippen molar-refractivity contribution >= 4 is 11.8 Å². The van der Waals surface area contributed by atoms with Gasteiger partial charge in [-0.1, -0.05) is 30.3 Å². The molecule has 0 amide bonds. The lowest BCUT2D eigenvalue weighted by Crippen LogP contribution is -2.22. The Balaban J connectivity index is 1.72. The van der Waals surface area contributed by atoms with Gasteiger partial charge < -0.3 is 0 Å². The summed E-state index contributed by atoms with van der Waals surface area (Å²) >= 11 is 1.89. The van der Waals surface area contributed by atoms with Crippen molar-refractivity contribution in [1.82, 2.24) is 9.78 Å². The average Bonchev–Trinajstić information content (AvgIpc) is 2.43. The fourth-order valence-electron chi connectivity index (χ4n) is 1.79. The van der Waals surface area contributed by atoms with Crippen molar-refractivity contribution in [1.29, 1.82) is 0 Å². The highest BCUT2D eigenvalue weighted by atomic mass is 32.2. The number of hydrogen-bond donors (Lipinski definition) is 0. The first-order valence-corrected chi connectivity index (χ1v) is 7.57. The normalized spacial score (nSPS) is 10.6. The van der Waals surface area contributed by atoms with Gasteiger partial charge in [-0.05, 0) is 30.7 Å². The Hall–Kier alpha value is -1.55. The highest BCUT2D eigenvalue weighted by Gasteiger charge is 1.98. The van der Waals surface area contributed by atoms with Crippen molar-refractivity contribution in [2.24, 2.45) is 0 Å². The van der Waals surface area contributed by atoms with E-state index in [1.54, 1.807) is 16.8 Å². The average molecular weight is 274 g/mol. The minimum Gasteiger partial charge on any atom is -0.268 e. The van der Waals surface area contributed by atoms with Crippen LogP contribution in [0.2, 0.25) is 0 Å². The van der Waals surface area contributed by atoms with Crippen LogP contribution in [-0.4, -0.2) is 15.5 Å². The van der Waals surface area contributed by atoms with Gasteiger partial charge in [-0.25, -0.2) is 4.68 Å². The Kier molecular flexibility index (Phi) is 5.21. The summed E-state index contributed by atoms with van der Waals surface area (Å²) in [5.74, 6) is 2.06. The van der Waals surface area contributed by atoms with E-state index in [0.29, 0.717) is 6.54 Å². The molecule has 2 aromatic rings. The quantitative estimate of drug-likeness (QED) is 0.760. The summed E-state index contributed by atoms with van der Waals surface area (Å²) in [6.45, 7) is 2.60. The van der Waals surface area contributed by atoms with Crippen LogP contribution < -0.4 is 5.56 Å². The lowest BCUT2D eigenvalue weighted by Gasteiger charge is -2.05. The predicted molar refractivity (Wildman–Crippen MR) is 80.5 cm³/mol. The monoisotopic (exact) mass is 274 g/mol. The minimum atomic E-state index is -0.0151. The second-order valence-corrected chi connectivity index (χ2v) is 5.53. The zero-order chi connectivity index (χ0) is 13.5. The molecule has 0 N–H and O–H groups in total. The van der Waals surface area contributed by atoms with Crippen LogP contribution in [0.3, 0.4) is 0 Å². The third-order valence-corrected chi connectivity index (χ3v) is 3.88. The van der Waals surface area contributed by atoms with Crippen molar-refractivity contribution in [3.05, 3.63) is 64.1 Å². The zero-order valence-corrected chi connectivity index (χ0v) is 11.9. The molecule has 2 rings (SSSR count). The molecular formula is C15H18N2OS. The van der Waals surface area contributed by atoms with Gasteiger partial charge in [-0.15, -0.1) is 0 Å². The first-order chi connectivity index (χ1) is 9.25. The van der Waals surface area contributed by atoms with E-state index in [4.69, 9.17) is 0 Å². The molecule has 0 bridgehead atoms. The molecule has 0 radical (unpaired) electrons. The number of thioether (sulfide) groups is 1. The van der Waals surface area contributed by atoms with Crippen LogP contribution >= 0.6 is 11.8 Å². The number of rotatable bonds is 6. The molecule has 0 unspecified atom stereocenters. The lowest BCUT2D eigenvalue weighted by atomic mass is 10.2. The van der Waals surface area contributed by atoms with Gasteiger partial charge >= 0.3 is 0 Å². The molecule has 1 heterocycles. The van der Waals surface area contributed by atoms with E-state index in [2.05, 4.69) is 29.4 Å². The highest BCUT2D eigenvalue weighted by molar-refractivity contribution is 7.98. The van der Waals surface area contributed by atoms with Gasteiger partial charge in [0.05, 0.1) is 5.69 Å². The van der Waals surface area contributed by atoms with Gasteiger partial charge in [0.25, 0.3) is 5.56 Å². The number of nitrogens with zero attached hydrogens (tertiary/aromatic N) is 2.